The third-order valence-electron chi connectivity index (χ3n) is 7.77. The predicted molar refractivity (Wildman–Crippen MR) is 149 cm³/mol. The van der Waals surface area contributed by atoms with Crippen molar-refractivity contribution < 1.29 is 9.47 Å². The van der Waals surface area contributed by atoms with Crippen molar-refractivity contribution in [3.8, 4) is 11.5 Å². The Morgan fingerprint density at radius 2 is 1.54 bits per heavy atom. The molecule has 1 fully saturated rings. The van der Waals surface area contributed by atoms with E-state index in [4.69, 9.17) is 9.47 Å². The molecule has 0 bridgehead atoms. The van der Waals surface area contributed by atoms with E-state index in [-0.39, 0.29) is 0 Å². The van der Waals surface area contributed by atoms with Gasteiger partial charge in [-0.1, -0.05) is 43.2 Å². The first-order chi connectivity index (χ1) is 18.2. The molecule has 0 atom stereocenters. The van der Waals surface area contributed by atoms with Gasteiger partial charge < -0.3 is 9.47 Å². The summed E-state index contributed by atoms with van der Waals surface area (Å²) in [5.74, 6) is 2.45. The Labute approximate surface area is 222 Å². The second-order valence-electron chi connectivity index (χ2n) is 10.6. The van der Waals surface area contributed by atoms with E-state index in [0.29, 0.717) is 0 Å². The summed E-state index contributed by atoms with van der Waals surface area (Å²) in [5.41, 5.74) is 6.97. The molecule has 5 rings (SSSR count). The molecule has 5 nitrogen and oxygen atoms in total. The molecule has 0 unspecified atom stereocenters. The molecule has 0 N–H and O–H groups in total. The van der Waals surface area contributed by atoms with E-state index in [0.717, 1.165) is 62.4 Å². The summed E-state index contributed by atoms with van der Waals surface area (Å²) in [6.07, 6.45) is 9.62. The molecular formula is C32H41N3O2. The molecule has 1 aliphatic carbocycles. The van der Waals surface area contributed by atoms with Crippen LogP contribution in [0.25, 0.3) is 0 Å². The van der Waals surface area contributed by atoms with Gasteiger partial charge in [0.05, 0.1) is 19.9 Å². The molecule has 1 aliphatic heterocycles. The Morgan fingerprint density at radius 3 is 2.22 bits per heavy atom. The molecule has 1 aromatic heterocycles. The van der Waals surface area contributed by atoms with Crippen LogP contribution in [0.2, 0.25) is 0 Å². The fraction of sp³-hybridized carbons (Fsp3) is 0.469. The van der Waals surface area contributed by atoms with Crippen molar-refractivity contribution in [3.05, 3.63) is 88.7 Å². The SMILES string of the molecule is COc1cc2c(cc1OC)CN(CCCCCCN(Cc1ccccn1)Cc1ccccc1C1CC1)C2. The van der Waals surface area contributed by atoms with Gasteiger partial charge >= 0.3 is 0 Å². The zero-order valence-corrected chi connectivity index (χ0v) is 22.5. The zero-order valence-electron chi connectivity index (χ0n) is 22.5. The van der Waals surface area contributed by atoms with E-state index in [2.05, 4.69) is 63.3 Å². The normalized spacial score (nSPS) is 15.2. The number of benzene rings is 2. The minimum Gasteiger partial charge on any atom is -0.493 e. The highest BCUT2D eigenvalue weighted by Crippen LogP contribution is 2.42. The lowest BCUT2D eigenvalue weighted by atomic mass is 10.0. The molecule has 2 aromatic carbocycles. The van der Waals surface area contributed by atoms with Crippen molar-refractivity contribution in [1.29, 1.82) is 0 Å². The third kappa shape index (κ3) is 6.91. The van der Waals surface area contributed by atoms with E-state index in [9.17, 15) is 0 Å². The number of unbranched alkanes of at least 4 members (excludes halogenated alkanes) is 3. The highest BCUT2D eigenvalue weighted by Gasteiger charge is 2.26. The first-order valence-electron chi connectivity index (χ1n) is 13.9. The monoisotopic (exact) mass is 499 g/mol. The Kier molecular flexibility index (Phi) is 8.75. The number of hydrogen-bond donors (Lipinski definition) is 0. The molecule has 0 spiro atoms. The van der Waals surface area contributed by atoms with Crippen molar-refractivity contribution in [2.75, 3.05) is 27.3 Å². The maximum absolute atomic E-state index is 5.49. The van der Waals surface area contributed by atoms with E-state index in [1.165, 1.54) is 55.2 Å². The number of pyridine rings is 1. The second-order valence-corrected chi connectivity index (χ2v) is 10.6. The van der Waals surface area contributed by atoms with Crippen molar-refractivity contribution >= 4 is 0 Å². The van der Waals surface area contributed by atoms with Crippen molar-refractivity contribution in [2.45, 2.75) is 70.6 Å². The molecular weight excluding hydrogens is 458 g/mol. The average molecular weight is 500 g/mol. The maximum atomic E-state index is 5.49. The molecule has 0 amide bonds. The standard InChI is InChI=1S/C32H41N3O2/c1-36-31-19-27-22-34(23-28(27)20-32(31)37-2)17-9-3-4-10-18-35(24-29-12-7-8-16-33-29)21-26-11-5-6-13-30(26)25-14-15-25/h5-8,11-13,16,19-20,25H,3-4,9-10,14-15,17-18,21-24H2,1-2H3. The minimum absolute atomic E-state index is 0.784. The molecule has 37 heavy (non-hydrogen) atoms. The zero-order chi connectivity index (χ0) is 25.5. The molecule has 5 heteroatoms. The number of rotatable bonds is 14. The predicted octanol–water partition coefficient (Wildman–Crippen LogP) is 6.55. The number of fused-ring (bicyclic) bond motifs is 1. The lowest BCUT2D eigenvalue weighted by Gasteiger charge is -2.24. The van der Waals surface area contributed by atoms with Crippen LogP contribution in [0.3, 0.4) is 0 Å². The van der Waals surface area contributed by atoms with Gasteiger partial charge in [-0.15, -0.1) is 0 Å². The van der Waals surface area contributed by atoms with Gasteiger partial charge in [0.15, 0.2) is 11.5 Å². The van der Waals surface area contributed by atoms with Crippen LogP contribution in [0.4, 0.5) is 0 Å². The Morgan fingerprint density at radius 1 is 0.838 bits per heavy atom. The van der Waals surface area contributed by atoms with Gasteiger partial charge in [0.2, 0.25) is 0 Å². The van der Waals surface area contributed by atoms with Crippen LogP contribution in [-0.4, -0.2) is 42.1 Å². The number of aromatic nitrogens is 1. The van der Waals surface area contributed by atoms with Crippen molar-refractivity contribution in [3.63, 3.8) is 0 Å². The van der Waals surface area contributed by atoms with Crippen LogP contribution in [0.15, 0.2) is 60.8 Å². The second kappa shape index (κ2) is 12.6. The molecule has 2 aliphatic rings. The fourth-order valence-electron chi connectivity index (χ4n) is 5.62. The summed E-state index contributed by atoms with van der Waals surface area (Å²) in [6.45, 7) is 6.21. The lowest BCUT2D eigenvalue weighted by Crippen LogP contribution is -2.25. The first kappa shape index (κ1) is 25.7. The summed E-state index contributed by atoms with van der Waals surface area (Å²) in [5, 5.41) is 0. The molecule has 2 heterocycles. The molecule has 1 saturated carbocycles. The minimum atomic E-state index is 0.784. The quantitative estimate of drug-likeness (QED) is 0.235. The largest absolute Gasteiger partial charge is 0.493 e. The van der Waals surface area contributed by atoms with Crippen LogP contribution in [0, 0.1) is 0 Å². The Hall–Kier alpha value is -2.89. The van der Waals surface area contributed by atoms with E-state index in [1.807, 2.05) is 12.3 Å². The van der Waals surface area contributed by atoms with Crippen molar-refractivity contribution in [2.24, 2.45) is 0 Å². The van der Waals surface area contributed by atoms with Gasteiger partial charge in [0.25, 0.3) is 0 Å². The first-order valence-corrected chi connectivity index (χ1v) is 13.9. The van der Waals surface area contributed by atoms with Gasteiger partial charge in [-0.25, -0.2) is 0 Å². The summed E-state index contributed by atoms with van der Waals surface area (Å²) in [7, 11) is 3.42. The average Bonchev–Trinajstić information content (AvgIpc) is 3.70. The van der Waals surface area contributed by atoms with E-state index >= 15 is 0 Å². The number of ether oxygens (including phenoxy) is 2. The van der Waals surface area contributed by atoms with Crippen LogP contribution in [-0.2, 0) is 26.2 Å². The van der Waals surface area contributed by atoms with Crippen LogP contribution in [0.1, 0.15) is 72.4 Å². The van der Waals surface area contributed by atoms with Gasteiger partial charge in [-0.2, -0.15) is 0 Å². The van der Waals surface area contributed by atoms with Gasteiger partial charge in [0, 0.05) is 32.4 Å². The van der Waals surface area contributed by atoms with Crippen LogP contribution >= 0.6 is 0 Å². The van der Waals surface area contributed by atoms with Gasteiger partial charge in [-0.3, -0.25) is 14.8 Å². The summed E-state index contributed by atoms with van der Waals surface area (Å²) >= 11 is 0. The highest BCUT2D eigenvalue weighted by molar-refractivity contribution is 5.48. The topological polar surface area (TPSA) is 37.8 Å². The smallest absolute Gasteiger partial charge is 0.161 e. The summed E-state index contributed by atoms with van der Waals surface area (Å²) in [4.78, 5) is 9.75. The summed E-state index contributed by atoms with van der Waals surface area (Å²) < 4.78 is 11.0. The van der Waals surface area contributed by atoms with Crippen molar-refractivity contribution in [1.82, 2.24) is 14.8 Å². The number of nitrogens with zero attached hydrogens (tertiary/aromatic N) is 3. The van der Waals surface area contributed by atoms with Gasteiger partial charge in [0.1, 0.15) is 0 Å². The maximum Gasteiger partial charge on any atom is 0.161 e. The van der Waals surface area contributed by atoms with Crippen LogP contribution < -0.4 is 9.47 Å². The number of methoxy groups -OCH3 is 2. The molecule has 3 aromatic rings. The lowest BCUT2D eigenvalue weighted by molar-refractivity contribution is 0.243. The molecule has 0 radical (unpaired) electrons. The van der Waals surface area contributed by atoms with Crippen LogP contribution in [0.5, 0.6) is 11.5 Å². The molecule has 0 saturated heterocycles. The fourth-order valence-corrected chi connectivity index (χ4v) is 5.62. The number of hydrogen-bond acceptors (Lipinski definition) is 5. The van der Waals surface area contributed by atoms with Gasteiger partial charge in [-0.05, 0) is 91.2 Å². The molecule has 196 valence electrons. The van der Waals surface area contributed by atoms with E-state index in [1.54, 1.807) is 19.8 Å². The third-order valence-corrected chi connectivity index (χ3v) is 7.77. The van der Waals surface area contributed by atoms with E-state index < -0.39 is 0 Å². The highest BCUT2D eigenvalue weighted by atomic mass is 16.5. The Balaban J connectivity index is 1.08. The summed E-state index contributed by atoms with van der Waals surface area (Å²) in [6, 6.07) is 19.6. The Bertz CT molecular complexity index is 1110.